The predicted octanol–water partition coefficient (Wildman–Crippen LogP) is 4.13. The number of aryl methyl sites for hydroxylation is 2. The van der Waals surface area contributed by atoms with E-state index in [1.807, 2.05) is 18.2 Å². The molecule has 30 heavy (non-hydrogen) atoms. The van der Waals surface area contributed by atoms with Crippen molar-refractivity contribution in [3.63, 3.8) is 0 Å². The van der Waals surface area contributed by atoms with Crippen LogP contribution in [0.1, 0.15) is 16.7 Å². The lowest BCUT2D eigenvalue weighted by Gasteiger charge is -2.11. The Morgan fingerprint density at radius 1 is 1.17 bits per heavy atom. The smallest absolute Gasteiger partial charge is 0.374 e. The van der Waals surface area contributed by atoms with Gasteiger partial charge in [-0.2, -0.15) is 4.98 Å². The van der Waals surface area contributed by atoms with Crippen LogP contribution in [0.3, 0.4) is 0 Å². The molecule has 0 unspecified atom stereocenters. The lowest BCUT2D eigenvalue weighted by Crippen LogP contribution is -2.31. The minimum absolute atomic E-state index is 0.0966. The molecule has 1 heterocycles. The topological polar surface area (TPSA) is 119 Å². The van der Waals surface area contributed by atoms with Crippen molar-refractivity contribution in [1.29, 1.82) is 0 Å². The molecule has 10 heteroatoms. The van der Waals surface area contributed by atoms with Gasteiger partial charge in [-0.1, -0.05) is 41.9 Å². The molecule has 2 N–H and O–H groups in total. The molecule has 1 amide bonds. The van der Waals surface area contributed by atoms with Gasteiger partial charge in [0.25, 0.3) is 0 Å². The van der Waals surface area contributed by atoms with E-state index in [2.05, 4.69) is 20.8 Å². The molecule has 9 nitrogen and oxygen atoms in total. The minimum atomic E-state index is -0.684. The van der Waals surface area contributed by atoms with Gasteiger partial charge >= 0.3 is 11.6 Å². The number of hydrogen-bond acceptors (Lipinski definition) is 7. The van der Waals surface area contributed by atoms with Crippen LogP contribution in [-0.2, 0) is 11.2 Å². The fourth-order valence-electron chi connectivity index (χ4n) is 2.72. The number of anilines is 1. The zero-order valence-corrected chi connectivity index (χ0v) is 16.9. The number of hydrazine groups is 1. The first-order chi connectivity index (χ1) is 14.3. The molecular formula is C20H18ClN5O4. The van der Waals surface area contributed by atoms with Crippen molar-refractivity contribution in [1.82, 2.24) is 15.4 Å². The van der Waals surface area contributed by atoms with Crippen LogP contribution in [0.15, 0.2) is 48.8 Å². The van der Waals surface area contributed by atoms with Crippen LogP contribution in [0.5, 0.6) is 11.6 Å². The third kappa shape index (κ3) is 5.00. The predicted molar refractivity (Wildman–Crippen MR) is 112 cm³/mol. The molecule has 0 bridgehead atoms. The van der Waals surface area contributed by atoms with Crippen molar-refractivity contribution in [3.05, 3.63) is 80.6 Å². The van der Waals surface area contributed by atoms with Gasteiger partial charge in [0.05, 0.1) is 11.3 Å². The average molecular weight is 428 g/mol. The molecule has 0 aliphatic heterocycles. The van der Waals surface area contributed by atoms with E-state index in [9.17, 15) is 14.9 Å². The summed E-state index contributed by atoms with van der Waals surface area (Å²) in [6, 6.07) is 12.4. The largest absolute Gasteiger partial charge is 0.434 e. The average Bonchev–Trinajstić information content (AvgIpc) is 2.71. The Morgan fingerprint density at radius 3 is 2.47 bits per heavy atom. The number of halogens is 1. The van der Waals surface area contributed by atoms with E-state index in [-0.39, 0.29) is 24.0 Å². The monoisotopic (exact) mass is 427 g/mol. The van der Waals surface area contributed by atoms with Gasteiger partial charge in [-0.05, 0) is 42.7 Å². The van der Waals surface area contributed by atoms with Gasteiger partial charge in [-0.3, -0.25) is 25.8 Å². The van der Waals surface area contributed by atoms with E-state index < -0.39 is 10.6 Å². The quantitative estimate of drug-likeness (QED) is 0.429. The van der Waals surface area contributed by atoms with Crippen molar-refractivity contribution in [3.8, 4) is 11.6 Å². The number of nitrogens with one attached hydrogen (secondary N) is 2. The number of nitrogens with zero attached hydrogens (tertiary/aromatic N) is 3. The molecule has 2 aromatic carbocycles. The summed E-state index contributed by atoms with van der Waals surface area (Å²) in [6.45, 7) is 3.59. The van der Waals surface area contributed by atoms with Gasteiger partial charge in [-0.15, -0.1) is 0 Å². The lowest BCUT2D eigenvalue weighted by atomic mass is 10.1. The number of rotatable bonds is 7. The molecule has 0 fully saturated rings. The first-order valence-electron chi connectivity index (χ1n) is 8.88. The van der Waals surface area contributed by atoms with Gasteiger partial charge in [0, 0.05) is 5.02 Å². The zero-order chi connectivity index (χ0) is 21.7. The van der Waals surface area contributed by atoms with E-state index in [1.165, 1.54) is 0 Å². The van der Waals surface area contributed by atoms with Gasteiger partial charge in [0.2, 0.25) is 11.7 Å². The SMILES string of the molecule is Cc1cc(Oc2ncnc(NNC(=O)Cc3ccccc3)c2[N+](=O)[O-])cc(C)c1Cl. The number of ether oxygens (including phenoxy) is 1. The molecule has 154 valence electrons. The summed E-state index contributed by atoms with van der Waals surface area (Å²) >= 11 is 6.15. The summed E-state index contributed by atoms with van der Waals surface area (Å²) < 4.78 is 5.63. The Labute approximate surface area is 177 Å². The highest BCUT2D eigenvalue weighted by Crippen LogP contribution is 2.35. The van der Waals surface area contributed by atoms with Crippen LogP contribution in [0.25, 0.3) is 0 Å². The first-order valence-corrected chi connectivity index (χ1v) is 9.25. The molecule has 0 saturated heterocycles. The number of nitro groups is 1. The molecule has 0 aliphatic rings. The van der Waals surface area contributed by atoms with E-state index in [0.29, 0.717) is 10.8 Å². The Kier molecular flexibility index (Phi) is 6.43. The number of aromatic nitrogens is 2. The van der Waals surface area contributed by atoms with Gasteiger partial charge in [0.1, 0.15) is 12.1 Å². The van der Waals surface area contributed by atoms with Crippen LogP contribution in [0, 0.1) is 24.0 Å². The van der Waals surface area contributed by atoms with Crippen molar-refractivity contribution in [2.24, 2.45) is 0 Å². The summed E-state index contributed by atoms with van der Waals surface area (Å²) in [5, 5.41) is 12.2. The van der Waals surface area contributed by atoms with E-state index in [0.717, 1.165) is 23.0 Å². The van der Waals surface area contributed by atoms with Gasteiger partial charge in [0.15, 0.2) is 0 Å². The molecule has 0 aliphatic carbocycles. The molecule has 0 saturated carbocycles. The Hall–Kier alpha value is -3.72. The van der Waals surface area contributed by atoms with E-state index in [4.69, 9.17) is 16.3 Å². The fourth-order valence-corrected chi connectivity index (χ4v) is 2.83. The molecule has 0 spiro atoms. The summed E-state index contributed by atoms with van der Waals surface area (Å²) in [5.74, 6) is -0.513. The van der Waals surface area contributed by atoms with Gasteiger partial charge < -0.3 is 4.74 Å². The maximum atomic E-state index is 12.1. The summed E-state index contributed by atoms with van der Waals surface area (Å²) in [7, 11) is 0. The number of benzene rings is 2. The summed E-state index contributed by atoms with van der Waals surface area (Å²) in [6.07, 6.45) is 1.20. The molecule has 0 atom stereocenters. The molecule has 3 aromatic rings. The third-order valence-electron chi connectivity index (χ3n) is 4.12. The van der Waals surface area contributed by atoms with Crippen LogP contribution in [-0.4, -0.2) is 20.8 Å². The van der Waals surface area contributed by atoms with Crippen molar-refractivity contribution in [2.45, 2.75) is 20.3 Å². The second-order valence-corrected chi connectivity index (χ2v) is 6.82. The molecular weight excluding hydrogens is 410 g/mol. The molecule has 3 rings (SSSR count). The maximum absolute atomic E-state index is 12.1. The minimum Gasteiger partial charge on any atom is -0.434 e. The summed E-state index contributed by atoms with van der Waals surface area (Å²) in [4.78, 5) is 30.8. The molecule has 1 aromatic heterocycles. The first kappa shape index (κ1) is 21.0. The Balaban J connectivity index is 1.79. The number of amides is 1. The second kappa shape index (κ2) is 9.19. The van der Waals surface area contributed by atoms with Crippen molar-refractivity contribution < 1.29 is 14.5 Å². The summed E-state index contributed by atoms with van der Waals surface area (Å²) in [5.41, 5.74) is 6.69. The lowest BCUT2D eigenvalue weighted by molar-refractivity contribution is -0.385. The number of carbonyl (C=O) groups excluding carboxylic acids is 1. The molecule has 0 radical (unpaired) electrons. The van der Waals surface area contributed by atoms with E-state index in [1.54, 1.807) is 38.1 Å². The van der Waals surface area contributed by atoms with Crippen LogP contribution in [0.4, 0.5) is 11.5 Å². The highest BCUT2D eigenvalue weighted by Gasteiger charge is 2.25. The standard InChI is InChI=1S/C20H18ClN5O4/c1-12-8-15(9-13(2)17(12)21)30-20-18(26(28)29)19(22-11-23-20)25-24-16(27)10-14-6-4-3-5-7-14/h3-9,11H,10H2,1-2H3,(H,24,27)(H,22,23,25). The van der Waals surface area contributed by atoms with Crippen molar-refractivity contribution in [2.75, 3.05) is 5.43 Å². The highest BCUT2D eigenvalue weighted by molar-refractivity contribution is 6.32. The van der Waals surface area contributed by atoms with Crippen LogP contribution >= 0.6 is 11.6 Å². The maximum Gasteiger partial charge on any atom is 0.374 e. The van der Waals surface area contributed by atoms with Gasteiger partial charge in [-0.25, -0.2) is 4.98 Å². The highest BCUT2D eigenvalue weighted by atomic mass is 35.5. The van der Waals surface area contributed by atoms with Crippen molar-refractivity contribution >= 4 is 29.0 Å². The second-order valence-electron chi connectivity index (χ2n) is 6.44. The third-order valence-corrected chi connectivity index (χ3v) is 4.72. The fraction of sp³-hybridized carbons (Fsp3) is 0.150. The van der Waals surface area contributed by atoms with Crippen LogP contribution in [0.2, 0.25) is 5.02 Å². The Bertz CT molecular complexity index is 1070. The zero-order valence-electron chi connectivity index (χ0n) is 16.2. The Morgan fingerprint density at radius 2 is 1.83 bits per heavy atom. The normalized spacial score (nSPS) is 10.4. The van der Waals surface area contributed by atoms with E-state index >= 15 is 0 Å². The number of hydrogen-bond donors (Lipinski definition) is 2. The number of carbonyl (C=O) groups is 1. The van der Waals surface area contributed by atoms with Crippen LogP contribution < -0.4 is 15.6 Å².